The summed E-state index contributed by atoms with van der Waals surface area (Å²) in [4.78, 5) is 18.0. The maximum absolute atomic E-state index is 13.1. The highest BCUT2D eigenvalue weighted by Crippen LogP contribution is 2.37. The van der Waals surface area contributed by atoms with Crippen molar-refractivity contribution in [3.63, 3.8) is 0 Å². The van der Waals surface area contributed by atoms with E-state index in [1.54, 1.807) is 7.11 Å². The van der Waals surface area contributed by atoms with Crippen LogP contribution in [0.25, 0.3) is 10.8 Å². The fourth-order valence-corrected chi connectivity index (χ4v) is 5.35. The number of rotatable bonds is 6. The van der Waals surface area contributed by atoms with Crippen molar-refractivity contribution in [3.05, 3.63) is 101 Å². The van der Waals surface area contributed by atoms with Crippen LogP contribution in [-0.2, 0) is 6.54 Å². The van der Waals surface area contributed by atoms with Crippen molar-refractivity contribution in [2.45, 2.75) is 6.54 Å². The first-order valence-electron chi connectivity index (χ1n) is 11.8. The molecule has 0 saturated carbocycles. The van der Waals surface area contributed by atoms with Crippen LogP contribution in [0.1, 0.15) is 15.9 Å². The molecule has 6 heteroatoms. The number of piperazine rings is 1. The zero-order valence-electron chi connectivity index (χ0n) is 19.7. The van der Waals surface area contributed by atoms with E-state index in [9.17, 15) is 4.79 Å². The molecule has 4 aromatic carbocycles. The first-order valence-corrected chi connectivity index (χ1v) is 12.6. The zero-order valence-corrected chi connectivity index (χ0v) is 21.3. The van der Waals surface area contributed by atoms with Crippen molar-refractivity contribution in [1.29, 1.82) is 0 Å². The number of carbonyl (C=O) groups excluding carboxylic acids is 1. The monoisotopic (exact) mass is 529 g/mol. The molecule has 0 radical (unpaired) electrons. The molecule has 1 heterocycles. The third-order valence-corrected chi connectivity index (χ3v) is 7.29. The Hall–Kier alpha value is -3.35. The normalized spacial score (nSPS) is 14.2. The van der Waals surface area contributed by atoms with E-state index in [-0.39, 0.29) is 5.91 Å². The third kappa shape index (κ3) is 5.19. The lowest BCUT2D eigenvalue weighted by atomic mass is 10.0. The summed E-state index contributed by atoms with van der Waals surface area (Å²) in [6, 6.07) is 28.5. The van der Waals surface area contributed by atoms with E-state index in [1.165, 1.54) is 11.3 Å². The van der Waals surface area contributed by atoms with Crippen LogP contribution in [0.5, 0.6) is 5.75 Å². The van der Waals surface area contributed by atoms with Gasteiger partial charge in [0.25, 0.3) is 5.91 Å². The molecule has 0 aromatic heterocycles. The van der Waals surface area contributed by atoms with E-state index in [0.717, 1.165) is 53.7 Å². The summed E-state index contributed by atoms with van der Waals surface area (Å²) >= 11 is 3.61. The van der Waals surface area contributed by atoms with E-state index in [2.05, 4.69) is 73.5 Å². The minimum absolute atomic E-state index is 0.199. The fraction of sp³-hybridized carbons (Fsp3) is 0.207. The average molecular weight is 530 g/mol. The van der Waals surface area contributed by atoms with Gasteiger partial charge in [-0.25, -0.2) is 0 Å². The predicted octanol–water partition coefficient (Wildman–Crippen LogP) is 6.19. The Morgan fingerprint density at radius 3 is 2.31 bits per heavy atom. The third-order valence-electron chi connectivity index (χ3n) is 6.50. The number of anilines is 2. The molecule has 0 bridgehead atoms. The molecule has 1 aliphatic rings. The summed E-state index contributed by atoms with van der Waals surface area (Å²) in [5.74, 6) is 0.335. The Kier molecular flexibility index (Phi) is 7.02. The average Bonchev–Trinajstić information content (AvgIpc) is 2.90. The predicted molar refractivity (Wildman–Crippen MR) is 147 cm³/mol. The van der Waals surface area contributed by atoms with E-state index in [4.69, 9.17) is 4.74 Å². The van der Waals surface area contributed by atoms with Crippen LogP contribution in [-0.4, -0.2) is 44.1 Å². The molecule has 5 nitrogen and oxygen atoms in total. The van der Waals surface area contributed by atoms with Gasteiger partial charge in [-0.2, -0.15) is 0 Å². The Morgan fingerprint density at radius 2 is 1.60 bits per heavy atom. The lowest BCUT2D eigenvalue weighted by Crippen LogP contribution is -2.45. The highest BCUT2D eigenvalue weighted by atomic mass is 79.9. The maximum atomic E-state index is 13.1. The first-order chi connectivity index (χ1) is 17.1. The lowest BCUT2D eigenvalue weighted by Gasteiger charge is -2.36. The number of amides is 1. The highest BCUT2D eigenvalue weighted by Gasteiger charge is 2.20. The molecule has 1 N–H and O–H groups in total. The molecule has 1 saturated heterocycles. The Balaban J connectivity index is 1.23. The summed E-state index contributed by atoms with van der Waals surface area (Å²) in [6.45, 7) is 5.03. The minimum Gasteiger partial charge on any atom is -0.495 e. The molecular weight excluding hydrogens is 502 g/mol. The Morgan fingerprint density at radius 1 is 0.914 bits per heavy atom. The zero-order chi connectivity index (χ0) is 24.2. The van der Waals surface area contributed by atoms with Gasteiger partial charge in [-0.3, -0.25) is 9.69 Å². The van der Waals surface area contributed by atoms with Gasteiger partial charge in [-0.15, -0.1) is 0 Å². The number of nitrogens with zero attached hydrogens (tertiary/aromatic N) is 2. The van der Waals surface area contributed by atoms with Crippen LogP contribution in [0.4, 0.5) is 11.4 Å². The van der Waals surface area contributed by atoms with Crippen molar-refractivity contribution >= 4 is 44.0 Å². The molecule has 35 heavy (non-hydrogen) atoms. The summed E-state index contributed by atoms with van der Waals surface area (Å²) in [6.07, 6.45) is 0. The Labute approximate surface area is 214 Å². The van der Waals surface area contributed by atoms with Crippen molar-refractivity contribution in [3.8, 4) is 5.75 Å². The molecule has 5 rings (SSSR count). The lowest BCUT2D eigenvalue weighted by molar-refractivity contribution is 0.102. The fourth-order valence-electron chi connectivity index (χ4n) is 4.61. The smallest absolute Gasteiger partial charge is 0.259 e. The molecule has 1 amide bonds. The van der Waals surface area contributed by atoms with Crippen LogP contribution in [0, 0.1) is 0 Å². The number of hydrogen-bond donors (Lipinski definition) is 1. The molecule has 178 valence electrons. The highest BCUT2D eigenvalue weighted by molar-refractivity contribution is 9.10. The van der Waals surface area contributed by atoms with Gasteiger partial charge in [-0.05, 0) is 62.6 Å². The number of ether oxygens (including phenoxy) is 1. The van der Waals surface area contributed by atoms with Gasteiger partial charge >= 0.3 is 0 Å². The molecule has 4 aromatic rings. The van der Waals surface area contributed by atoms with E-state index in [1.807, 2.05) is 42.5 Å². The SMILES string of the molecule is COc1c(C(=O)Nc2ccc(N3CCN(Cc4ccccc4)CC3)cc2)cc2ccccc2c1Br. The largest absolute Gasteiger partial charge is 0.495 e. The van der Waals surface area contributed by atoms with Gasteiger partial charge in [0.1, 0.15) is 5.75 Å². The summed E-state index contributed by atoms with van der Waals surface area (Å²) in [5, 5.41) is 5.01. The molecule has 0 aliphatic carbocycles. The van der Waals surface area contributed by atoms with Gasteiger partial charge in [0.15, 0.2) is 0 Å². The number of carbonyl (C=O) groups is 1. The van der Waals surface area contributed by atoms with Gasteiger partial charge in [0.2, 0.25) is 0 Å². The number of hydrogen-bond acceptors (Lipinski definition) is 4. The quantitative estimate of drug-likeness (QED) is 0.323. The van der Waals surface area contributed by atoms with E-state index in [0.29, 0.717) is 11.3 Å². The summed E-state index contributed by atoms with van der Waals surface area (Å²) in [7, 11) is 1.58. The second-order valence-electron chi connectivity index (χ2n) is 8.74. The summed E-state index contributed by atoms with van der Waals surface area (Å²) in [5.41, 5.74) is 3.79. The number of nitrogens with one attached hydrogen (secondary N) is 1. The number of benzene rings is 4. The Bertz CT molecular complexity index is 1320. The molecule has 1 aliphatic heterocycles. The van der Waals surface area contributed by atoms with Crippen LogP contribution in [0.2, 0.25) is 0 Å². The van der Waals surface area contributed by atoms with E-state index < -0.39 is 0 Å². The van der Waals surface area contributed by atoms with Gasteiger partial charge in [-0.1, -0.05) is 54.6 Å². The topological polar surface area (TPSA) is 44.8 Å². The summed E-state index contributed by atoms with van der Waals surface area (Å²) < 4.78 is 6.35. The van der Waals surface area contributed by atoms with Crippen molar-refractivity contribution < 1.29 is 9.53 Å². The number of methoxy groups -OCH3 is 1. The van der Waals surface area contributed by atoms with Crippen molar-refractivity contribution in [2.24, 2.45) is 0 Å². The van der Waals surface area contributed by atoms with Gasteiger partial charge < -0.3 is 15.0 Å². The standard InChI is InChI=1S/C29H28BrN3O2/c1-35-28-26(19-22-9-5-6-10-25(22)27(28)30)29(34)31-23-11-13-24(14-12-23)33-17-15-32(16-18-33)20-21-7-3-2-4-8-21/h2-14,19H,15-18,20H2,1H3,(H,31,34). The minimum atomic E-state index is -0.199. The van der Waals surface area contributed by atoms with Crippen molar-refractivity contribution in [2.75, 3.05) is 43.5 Å². The van der Waals surface area contributed by atoms with Crippen LogP contribution < -0.4 is 15.0 Å². The van der Waals surface area contributed by atoms with Crippen molar-refractivity contribution in [1.82, 2.24) is 4.90 Å². The number of fused-ring (bicyclic) bond motifs is 1. The molecule has 0 unspecified atom stereocenters. The van der Waals surface area contributed by atoms with Crippen LogP contribution in [0.15, 0.2) is 89.4 Å². The van der Waals surface area contributed by atoms with Crippen LogP contribution in [0.3, 0.4) is 0 Å². The molecular formula is C29H28BrN3O2. The first kappa shape index (κ1) is 23.4. The van der Waals surface area contributed by atoms with Gasteiger partial charge in [0, 0.05) is 44.1 Å². The number of halogens is 1. The second-order valence-corrected chi connectivity index (χ2v) is 9.54. The maximum Gasteiger partial charge on any atom is 0.259 e. The van der Waals surface area contributed by atoms with Gasteiger partial charge in [0.05, 0.1) is 17.1 Å². The molecule has 0 atom stereocenters. The van der Waals surface area contributed by atoms with E-state index >= 15 is 0 Å². The second kappa shape index (κ2) is 10.5. The molecule has 1 fully saturated rings. The van der Waals surface area contributed by atoms with Crippen LogP contribution >= 0.6 is 15.9 Å². The molecule has 0 spiro atoms.